The molecule has 104 valence electrons. The summed E-state index contributed by atoms with van der Waals surface area (Å²) in [6.45, 7) is 0.702. The lowest BCUT2D eigenvalue weighted by atomic mass is 10.1. The molecule has 0 bridgehead atoms. The Labute approximate surface area is 123 Å². The molecule has 1 aliphatic heterocycles. The van der Waals surface area contributed by atoms with E-state index in [1.807, 2.05) is 30.3 Å². The number of amides is 1. The number of anilines is 1. The van der Waals surface area contributed by atoms with E-state index in [4.69, 9.17) is 0 Å². The Balaban J connectivity index is 1.75. The maximum Gasteiger partial charge on any atom is 0.232 e. The van der Waals surface area contributed by atoms with E-state index in [0.717, 1.165) is 24.0 Å². The highest BCUT2D eigenvalue weighted by atomic mass is 16.2. The minimum atomic E-state index is 0.101. The summed E-state index contributed by atoms with van der Waals surface area (Å²) in [7, 11) is 0. The number of nitrogens with zero attached hydrogens (tertiary/aromatic N) is 3. The summed E-state index contributed by atoms with van der Waals surface area (Å²) in [5.41, 5.74) is 1.69. The van der Waals surface area contributed by atoms with Gasteiger partial charge in [0, 0.05) is 30.9 Å². The van der Waals surface area contributed by atoms with Gasteiger partial charge in [0.15, 0.2) is 0 Å². The topological polar surface area (TPSA) is 46.1 Å². The monoisotopic (exact) mass is 277 g/mol. The molecule has 1 aromatic carbocycles. The highest BCUT2D eigenvalue weighted by Crippen LogP contribution is 2.16. The third kappa shape index (κ3) is 3.26. The molecule has 1 amide bonds. The first-order valence-corrected chi connectivity index (χ1v) is 7.02. The second-order valence-corrected chi connectivity index (χ2v) is 4.89. The number of rotatable bonds is 1. The molecule has 21 heavy (non-hydrogen) atoms. The Morgan fingerprint density at radius 2 is 1.67 bits per heavy atom. The van der Waals surface area contributed by atoms with Gasteiger partial charge in [0.2, 0.25) is 11.9 Å². The Morgan fingerprint density at radius 1 is 0.952 bits per heavy atom. The van der Waals surface area contributed by atoms with Crippen molar-refractivity contribution in [1.82, 2.24) is 9.97 Å². The van der Waals surface area contributed by atoms with E-state index in [-0.39, 0.29) is 5.91 Å². The van der Waals surface area contributed by atoms with Crippen molar-refractivity contribution in [2.45, 2.75) is 19.3 Å². The van der Waals surface area contributed by atoms with Crippen molar-refractivity contribution < 1.29 is 4.79 Å². The van der Waals surface area contributed by atoms with E-state index in [1.165, 1.54) is 0 Å². The first-order valence-electron chi connectivity index (χ1n) is 7.02. The second-order valence-electron chi connectivity index (χ2n) is 4.89. The summed E-state index contributed by atoms with van der Waals surface area (Å²) < 4.78 is 0. The average molecular weight is 277 g/mol. The lowest BCUT2D eigenvalue weighted by Crippen LogP contribution is -2.36. The largest absolute Gasteiger partial charge is 0.281 e. The minimum Gasteiger partial charge on any atom is -0.281 e. The van der Waals surface area contributed by atoms with E-state index in [1.54, 1.807) is 17.3 Å². The molecule has 1 saturated heterocycles. The molecule has 0 saturated carbocycles. The summed E-state index contributed by atoms with van der Waals surface area (Å²) in [5, 5.41) is 0. The Hall–Kier alpha value is -2.67. The number of hydrogen-bond acceptors (Lipinski definition) is 3. The molecule has 2 aromatic rings. The molecule has 0 atom stereocenters. The van der Waals surface area contributed by atoms with Gasteiger partial charge in [-0.2, -0.15) is 0 Å². The zero-order chi connectivity index (χ0) is 14.5. The van der Waals surface area contributed by atoms with Gasteiger partial charge in [0.25, 0.3) is 0 Å². The summed E-state index contributed by atoms with van der Waals surface area (Å²) in [6, 6.07) is 9.76. The van der Waals surface area contributed by atoms with Gasteiger partial charge in [-0.05, 0) is 25.0 Å². The van der Waals surface area contributed by atoms with Crippen molar-refractivity contribution in [3.8, 4) is 11.8 Å². The van der Waals surface area contributed by atoms with Gasteiger partial charge in [-0.15, -0.1) is 0 Å². The maximum absolute atomic E-state index is 11.8. The normalized spacial score (nSPS) is 14.5. The number of carbonyl (C=O) groups is 1. The number of carbonyl (C=O) groups excluding carboxylic acids is 1. The summed E-state index contributed by atoms with van der Waals surface area (Å²) in [4.78, 5) is 22.0. The number of benzene rings is 1. The third-order valence-corrected chi connectivity index (χ3v) is 3.33. The van der Waals surface area contributed by atoms with Crippen molar-refractivity contribution in [3.05, 3.63) is 53.9 Å². The number of aromatic nitrogens is 2. The Morgan fingerprint density at radius 3 is 2.38 bits per heavy atom. The van der Waals surface area contributed by atoms with E-state index in [2.05, 4.69) is 21.8 Å². The van der Waals surface area contributed by atoms with Crippen LogP contribution in [0, 0.1) is 11.8 Å². The van der Waals surface area contributed by atoms with Gasteiger partial charge in [0.1, 0.15) is 0 Å². The van der Waals surface area contributed by atoms with E-state index in [0.29, 0.717) is 18.9 Å². The maximum atomic E-state index is 11.8. The molecule has 1 fully saturated rings. The lowest BCUT2D eigenvalue weighted by molar-refractivity contribution is -0.119. The van der Waals surface area contributed by atoms with Gasteiger partial charge in [0.05, 0.1) is 5.56 Å². The van der Waals surface area contributed by atoms with Crippen LogP contribution in [0.3, 0.4) is 0 Å². The molecular formula is C17H15N3O. The predicted octanol–water partition coefficient (Wildman–Crippen LogP) is 2.39. The highest BCUT2D eigenvalue weighted by molar-refractivity contribution is 5.92. The smallest absolute Gasteiger partial charge is 0.232 e. The number of piperidine rings is 1. The number of hydrogen-bond donors (Lipinski definition) is 0. The van der Waals surface area contributed by atoms with Gasteiger partial charge < -0.3 is 0 Å². The molecule has 0 aliphatic carbocycles. The van der Waals surface area contributed by atoms with Gasteiger partial charge in [-0.1, -0.05) is 30.0 Å². The third-order valence-electron chi connectivity index (χ3n) is 3.33. The van der Waals surface area contributed by atoms with E-state index < -0.39 is 0 Å². The minimum absolute atomic E-state index is 0.101. The standard InChI is InChI=1S/C17H15N3O/c21-16-8-4-5-11-20(16)17-18-12-15(13-19-17)10-9-14-6-2-1-3-7-14/h1-3,6-7,12-13H,4-5,8,11H2. The molecule has 0 spiro atoms. The molecule has 0 unspecified atom stereocenters. The summed E-state index contributed by atoms with van der Waals surface area (Å²) in [6.07, 6.45) is 5.87. The molecular weight excluding hydrogens is 262 g/mol. The molecule has 2 heterocycles. The molecule has 0 radical (unpaired) electrons. The van der Waals surface area contributed by atoms with Crippen LogP contribution in [0.1, 0.15) is 30.4 Å². The molecule has 1 aromatic heterocycles. The van der Waals surface area contributed by atoms with Crippen molar-refractivity contribution in [1.29, 1.82) is 0 Å². The van der Waals surface area contributed by atoms with Crippen LogP contribution in [0.4, 0.5) is 5.95 Å². The molecule has 3 rings (SSSR count). The van der Waals surface area contributed by atoms with Crippen LogP contribution < -0.4 is 4.90 Å². The molecule has 1 aliphatic rings. The lowest BCUT2D eigenvalue weighted by Gasteiger charge is -2.24. The van der Waals surface area contributed by atoms with Crippen LogP contribution in [-0.4, -0.2) is 22.4 Å². The van der Waals surface area contributed by atoms with Crippen molar-refractivity contribution in [2.24, 2.45) is 0 Å². The van der Waals surface area contributed by atoms with Gasteiger partial charge in [-0.3, -0.25) is 9.69 Å². The fraction of sp³-hybridized carbons (Fsp3) is 0.235. The molecule has 4 nitrogen and oxygen atoms in total. The zero-order valence-corrected chi connectivity index (χ0v) is 11.6. The fourth-order valence-electron chi connectivity index (χ4n) is 2.21. The highest BCUT2D eigenvalue weighted by Gasteiger charge is 2.21. The second kappa shape index (κ2) is 6.19. The quantitative estimate of drug-likeness (QED) is 0.752. The van der Waals surface area contributed by atoms with Crippen molar-refractivity contribution in [3.63, 3.8) is 0 Å². The summed E-state index contributed by atoms with van der Waals surface area (Å²) in [5.74, 6) is 6.66. The zero-order valence-electron chi connectivity index (χ0n) is 11.6. The summed E-state index contributed by atoms with van der Waals surface area (Å²) >= 11 is 0. The SMILES string of the molecule is O=C1CCCCN1c1ncc(C#Cc2ccccc2)cn1. The van der Waals surface area contributed by atoms with Gasteiger partial charge in [-0.25, -0.2) is 9.97 Å². The fourth-order valence-corrected chi connectivity index (χ4v) is 2.21. The van der Waals surface area contributed by atoms with Crippen LogP contribution in [0.25, 0.3) is 0 Å². The van der Waals surface area contributed by atoms with Crippen LogP contribution in [0.2, 0.25) is 0 Å². The van der Waals surface area contributed by atoms with Crippen LogP contribution in [0.5, 0.6) is 0 Å². The first kappa shape index (κ1) is 13.3. The van der Waals surface area contributed by atoms with E-state index in [9.17, 15) is 4.79 Å². The van der Waals surface area contributed by atoms with Gasteiger partial charge >= 0.3 is 0 Å². The average Bonchev–Trinajstić information content (AvgIpc) is 2.55. The predicted molar refractivity (Wildman–Crippen MR) is 80.7 cm³/mol. The Kier molecular flexibility index (Phi) is 3.92. The Bertz CT molecular complexity index is 683. The van der Waals surface area contributed by atoms with Crippen molar-refractivity contribution in [2.75, 3.05) is 11.4 Å². The molecule has 0 N–H and O–H groups in total. The van der Waals surface area contributed by atoms with Crippen molar-refractivity contribution >= 4 is 11.9 Å². The van der Waals surface area contributed by atoms with Crippen LogP contribution >= 0.6 is 0 Å². The van der Waals surface area contributed by atoms with Crippen LogP contribution in [0.15, 0.2) is 42.7 Å². The first-order chi connectivity index (χ1) is 10.3. The van der Waals surface area contributed by atoms with E-state index >= 15 is 0 Å². The molecule has 4 heteroatoms. The van der Waals surface area contributed by atoms with Crippen LogP contribution in [-0.2, 0) is 4.79 Å².